The average Bonchev–Trinajstić information content (AvgIpc) is 2.82. The van der Waals surface area contributed by atoms with Gasteiger partial charge in [0, 0.05) is 18.9 Å². The third kappa shape index (κ3) is 3.20. The monoisotopic (exact) mass is 232 g/mol. The van der Waals surface area contributed by atoms with E-state index in [-0.39, 0.29) is 0 Å². The number of unbranched alkanes of at least 4 members (excludes halogenated alkanes) is 3. The van der Waals surface area contributed by atoms with E-state index in [2.05, 4.69) is 20.8 Å². The smallest absolute Gasteiger partial charge is 0.138 e. The molecular formula is C13H20N4. The van der Waals surface area contributed by atoms with E-state index in [0.717, 1.165) is 31.0 Å². The largest absolute Gasteiger partial charge is 0.371 e. The number of imidazole rings is 1. The van der Waals surface area contributed by atoms with Gasteiger partial charge in [0.05, 0.1) is 0 Å². The van der Waals surface area contributed by atoms with Crippen LogP contribution in [-0.2, 0) is 0 Å². The highest BCUT2D eigenvalue weighted by Crippen LogP contribution is 2.11. The molecular weight excluding hydrogens is 212 g/mol. The van der Waals surface area contributed by atoms with Crippen LogP contribution in [-0.4, -0.2) is 22.5 Å². The highest BCUT2D eigenvalue weighted by atomic mass is 15.1. The molecule has 3 N–H and O–H groups in total. The van der Waals surface area contributed by atoms with Crippen LogP contribution in [0.15, 0.2) is 30.6 Å². The second kappa shape index (κ2) is 6.25. The molecule has 0 aliphatic heterocycles. The normalized spacial score (nSPS) is 10.9. The number of nitrogens with one attached hydrogen (secondary N) is 1. The van der Waals surface area contributed by atoms with Gasteiger partial charge in [-0.05, 0) is 31.5 Å². The van der Waals surface area contributed by atoms with Gasteiger partial charge in [0.15, 0.2) is 0 Å². The Labute approximate surface area is 102 Å². The summed E-state index contributed by atoms with van der Waals surface area (Å²) in [6.45, 7) is 1.81. The molecule has 0 aliphatic rings. The summed E-state index contributed by atoms with van der Waals surface area (Å²) < 4.78 is 2.07. The van der Waals surface area contributed by atoms with Crippen molar-refractivity contribution in [2.75, 3.05) is 18.4 Å². The zero-order chi connectivity index (χ0) is 11.9. The number of aromatic nitrogens is 2. The van der Waals surface area contributed by atoms with Gasteiger partial charge in [-0.3, -0.25) is 4.40 Å². The first-order chi connectivity index (χ1) is 8.42. The van der Waals surface area contributed by atoms with Crippen molar-refractivity contribution in [3.8, 4) is 0 Å². The zero-order valence-corrected chi connectivity index (χ0v) is 10.1. The predicted octanol–water partition coefficient (Wildman–Crippen LogP) is 2.27. The van der Waals surface area contributed by atoms with E-state index >= 15 is 0 Å². The Hall–Kier alpha value is -1.55. The molecule has 2 aromatic heterocycles. The molecule has 0 unspecified atom stereocenters. The first kappa shape index (κ1) is 11.9. The highest BCUT2D eigenvalue weighted by Gasteiger charge is 1.98. The van der Waals surface area contributed by atoms with E-state index in [1.165, 1.54) is 19.3 Å². The molecule has 0 saturated heterocycles. The van der Waals surface area contributed by atoms with E-state index in [1.54, 1.807) is 0 Å². The number of nitrogens with two attached hydrogens (primary N) is 1. The van der Waals surface area contributed by atoms with Gasteiger partial charge in [0.25, 0.3) is 0 Å². The lowest BCUT2D eigenvalue weighted by molar-refractivity contribution is 0.660. The maximum absolute atomic E-state index is 5.46. The minimum absolute atomic E-state index is 0.807. The predicted molar refractivity (Wildman–Crippen MR) is 71.2 cm³/mol. The molecule has 0 atom stereocenters. The number of hydrogen-bond donors (Lipinski definition) is 2. The lowest BCUT2D eigenvalue weighted by Gasteiger charge is -2.08. The number of rotatable bonds is 7. The van der Waals surface area contributed by atoms with Crippen molar-refractivity contribution < 1.29 is 0 Å². The van der Waals surface area contributed by atoms with Crippen molar-refractivity contribution in [3.05, 3.63) is 30.6 Å². The third-order valence-electron chi connectivity index (χ3n) is 2.87. The summed E-state index contributed by atoms with van der Waals surface area (Å²) in [6, 6.07) is 6.11. The van der Waals surface area contributed by atoms with Crippen LogP contribution >= 0.6 is 0 Å². The van der Waals surface area contributed by atoms with Crippen LogP contribution in [0, 0.1) is 0 Å². The molecule has 4 nitrogen and oxygen atoms in total. The van der Waals surface area contributed by atoms with E-state index in [1.807, 2.05) is 24.5 Å². The van der Waals surface area contributed by atoms with Gasteiger partial charge in [-0.2, -0.15) is 0 Å². The lowest BCUT2D eigenvalue weighted by atomic mass is 10.2. The van der Waals surface area contributed by atoms with E-state index < -0.39 is 0 Å². The van der Waals surface area contributed by atoms with Gasteiger partial charge in [-0.1, -0.05) is 18.9 Å². The Morgan fingerprint density at radius 3 is 2.94 bits per heavy atom. The Balaban J connectivity index is 1.80. The second-order valence-corrected chi connectivity index (χ2v) is 4.20. The van der Waals surface area contributed by atoms with Crippen LogP contribution in [0.3, 0.4) is 0 Å². The van der Waals surface area contributed by atoms with Gasteiger partial charge < -0.3 is 11.1 Å². The summed E-state index contributed by atoms with van der Waals surface area (Å²) in [5.41, 5.74) is 6.44. The Morgan fingerprint density at radius 2 is 2.06 bits per heavy atom. The molecule has 0 radical (unpaired) electrons. The van der Waals surface area contributed by atoms with Gasteiger partial charge in [-0.15, -0.1) is 0 Å². The molecule has 2 heterocycles. The molecule has 2 rings (SSSR count). The van der Waals surface area contributed by atoms with Crippen molar-refractivity contribution in [1.82, 2.24) is 9.38 Å². The van der Waals surface area contributed by atoms with E-state index in [9.17, 15) is 0 Å². The van der Waals surface area contributed by atoms with Crippen molar-refractivity contribution in [2.45, 2.75) is 25.7 Å². The Kier molecular flexibility index (Phi) is 4.38. The molecule has 92 valence electrons. The van der Waals surface area contributed by atoms with Crippen LogP contribution in [0.5, 0.6) is 0 Å². The van der Waals surface area contributed by atoms with E-state index in [0.29, 0.717) is 0 Å². The van der Waals surface area contributed by atoms with Crippen molar-refractivity contribution in [2.24, 2.45) is 5.73 Å². The van der Waals surface area contributed by atoms with Crippen LogP contribution in [0.1, 0.15) is 25.7 Å². The summed E-state index contributed by atoms with van der Waals surface area (Å²) in [4.78, 5) is 4.26. The number of hydrogen-bond acceptors (Lipinski definition) is 3. The van der Waals surface area contributed by atoms with E-state index in [4.69, 9.17) is 5.73 Å². The zero-order valence-electron chi connectivity index (χ0n) is 10.1. The molecule has 2 aromatic rings. The van der Waals surface area contributed by atoms with Crippen molar-refractivity contribution in [1.29, 1.82) is 0 Å². The SMILES string of the molecule is NCCCCCCNc1cccc2nccn12. The number of anilines is 1. The van der Waals surface area contributed by atoms with Crippen LogP contribution in [0.25, 0.3) is 5.65 Å². The minimum atomic E-state index is 0.807. The molecule has 0 spiro atoms. The fraction of sp³-hybridized carbons (Fsp3) is 0.462. The van der Waals surface area contributed by atoms with Crippen LogP contribution in [0.4, 0.5) is 5.82 Å². The third-order valence-corrected chi connectivity index (χ3v) is 2.87. The highest BCUT2D eigenvalue weighted by molar-refractivity contribution is 5.49. The Morgan fingerprint density at radius 1 is 1.18 bits per heavy atom. The maximum atomic E-state index is 5.46. The molecule has 0 saturated carbocycles. The van der Waals surface area contributed by atoms with Gasteiger partial charge in [0.2, 0.25) is 0 Å². The summed E-state index contributed by atoms with van der Waals surface area (Å²) in [6.07, 6.45) is 8.59. The van der Waals surface area contributed by atoms with Crippen molar-refractivity contribution in [3.63, 3.8) is 0 Å². The Bertz CT molecular complexity index is 449. The molecule has 0 bridgehead atoms. The summed E-state index contributed by atoms with van der Waals surface area (Å²) >= 11 is 0. The molecule has 0 aliphatic carbocycles. The quantitative estimate of drug-likeness (QED) is 0.720. The summed E-state index contributed by atoms with van der Waals surface area (Å²) in [7, 11) is 0. The molecule has 0 fully saturated rings. The van der Waals surface area contributed by atoms with Gasteiger partial charge in [-0.25, -0.2) is 4.98 Å². The minimum Gasteiger partial charge on any atom is -0.371 e. The molecule has 4 heteroatoms. The average molecular weight is 232 g/mol. The molecule has 17 heavy (non-hydrogen) atoms. The number of nitrogens with zero attached hydrogens (tertiary/aromatic N) is 2. The van der Waals surface area contributed by atoms with Crippen LogP contribution < -0.4 is 11.1 Å². The number of fused-ring (bicyclic) bond motifs is 1. The fourth-order valence-corrected chi connectivity index (χ4v) is 1.93. The lowest BCUT2D eigenvalue weighted by Crippen LogP contribution is -2.05. The topological polar surface area (TPSA) is 55.3 Å². The first-order valence-corrected chi connectivity index (χ1v) is 6.28. The fourth-order valence-electron chi connectivity index (χ4n) is 1.93. The number of pyridine rings is 1. The van der Waals surface area contributed by atoms with Crippen LogP contribution in [0.2, 0.25) is 0 Å². The standard InChI is InChI=1S/C13H20N4/c14-8-3-1-2-4-9-15-12-6-5-7-13-16-10-11-17(12)13/h5-7,10-11,15H,1-4,8-9,14H2. The molecule has 0 aromatic carbocycles. The maximum Gasteiger partial charge on any atom is 0.138 e. The molecule has 0 amide bonds. The van der Waals surface area contributed by atoms with Gasteiger partial charge in [0.1, 0.15) is 11.5 Å². The first-order valence-electron chi connectivity index (χ1n) is 6.28. The second-order valence-electron chi connectivity index (χ2n) is 4.20. The summed E-state index contributed by atoms with van der Waals surface area (Å²) in [5.74, 6) is 1.11. The van der Waals surface area contributed by atoms with Crippen molar-refractivity contribution >= 4 is 11.5 Å². The van der Waals surface area contributed by atoms with Gasteiger partial charge >= 0.3 is 0 Å². The summed E-state index contributed by atoms with van der Waals surface area (Å²) in [5, 5.41) is 3.44.